The van der Waals surface area contributed by atoms with Crippen molar-refractivity contribution in [2.75, 3.05) is 42.6 Å². The minimum absolute atomic E-state index is 0.000690. The lowest BCUT2D eigenvalue weighted by atomic mass is 9.95. The Morgan fingerprint density at radius 2 is 2.07 bits per heavy atom. The van der Waals surface area contributed by atoms with Crippen molar-refractivity contribution in [1.82, 2.24) is 20.2 Å². The molecule has 2 N–H and O–H groups in total. The van der Waals surface area contributed by atoms with Crippen molar-refractivity contribution in [2.45, 2.75) is 82.2 Å². The number of fused-ring (bicyclic) bond motifs is 4. The molecule has 0 saturated carbocycles. The Morgan fingerprint density at radius 3 is 2.93 bits per heavy atom. The van der Waals surface area contributed by atoms with Crippen molar-refractivity contribution in [2.24, 2.45) is 0 Å². The van der Waals surface area contributed by atoms with Gasteiger partial charge < -0.3 is 25.0 Å². The van der Waals surface area contributed by atoms with Gasteiger partial charge in [0.2, 0.25) is 0 Å². The van der Waals surface area contributed by atoms with Crippen molar-refractivity contribution in [3.8, 4) is 11.8 Å². The number of carbonyl (C=O) groups excluding carboxylic acids is 1. The number of piperidine rings is 1. The van der Waals surface area contributed by atoms with E-state index in [-0.39, 0.29) is 41.6 Å². The van der Waals surface area contributed by atoms with E-state index in [4.69, 9.17) is 14.7 Å². The van der Waals surface area contributed by atoms with E-state index in [0.717, 1.165) is 51.7 Å². The average Bonchev–Trinajstić information content (AvgIpc) is 3.78. The summed E-state index contributed by atoms with van der Waals surface area (Å²) in [6, 6.07) is 6.89. The number of anilines is 2. The van der Waals surface area contributed by atoms with E-state index in [0.29, 0.717) is 71.1 Å². The standard InChI is InChI=1S/C33H38F2N6O3/c1-2-22-23(35)7-6-19-13-21(42)14-27(28(19)22)41-17-25-29(31(41)43)30(40-12-3-5-24-26(40)8-10-36-24)38-32(37-25)44-18-33-9-4-11-39(33)16-20(34)15-33/h6-7,13-14,20,24,26,36,42H,2-5,8-12,15-18H2,1H3. The third kappa shape index (κ3) is 4.34. The minimum Gasteiger partial charge on any atom is -0.508 e. The predicted octanol–water partition coefficient (Wildman–Crippen LogP) is 4.48. The fourth-order valence-electron chi connectivity index (χ4n) is 8.64. The van der Waals surface area contributed by atoms with Crippen LogP contribution in [0, 0.1) is 5.82 Å². The molecular formula is C33H38F2N6O3. The molecule has 0 spiro atoms. The smallest absolute Gasteiger partial charge is 0.318 e. The summed E-state index contributed by atoms with van der Waals surface area (Å²) in [6.45, 7) is 5.30. The van der Waals surface area contributed by atoms with Crippen LogP contribution >= 0.6 is 0 Å². The normalized spacial score (nSPS) is 28.2. The highest BCUT2D eigenvalue weighted by Crippen LogP contribution is 2.43. The number of nitrogens with zero attached hydrogens (tertiary/aromatic N) is 5. The molecule has 8 rings (SSSR count). The van der Waals surface area contributed by atoms with Crippen LogP contribution in [0.3, 0.4) is 0 Å². The van der Waals surface area contributed by atoms with Crippen LogP contribution in [0.1, 0.15) is 67.1 Å². The maximum atomic E-state index is 15.0. The van der Waals surface area contributed by atoms with Gasteiger partial charge in [0, 0.05) is 43.0 Å². The number of amides is 1. The molecule has 3 aromatic rings. The first-order valence-corrected chi connectivity index (χ1v) is 16.0. The lowest BCUT2D eigenvalue weighted by Crippen LogP contribution is -2.49. The summed E-state index contributed by atoms with van der Waals surface area (Å²) in [7, 11) is 0. The number of alkyl halides is 1. The van der Waals surface area contributed by atoms with Crippen LogP contribution in [0.15, 0.2) is 24.3 Å². The molecule has 0 bridgehead atoms. The Labute approximate surface area is 255 Å². The van der Waals surface area contributed by atoms with E-state index >= 15 is 4.39 Å². The van der Waals surface area contributed by atoms with Crippen LogP contribution in [0.25, 0.3) is 10.8 Å². The van der Waals surface area contributed by atoms with Gasteiger partial charge in [-0.2, -0.15) is 9.97 Å². The second-order valence-corrected chi connectivity index (χ2v) is 13.1. The molecule has 5 aliphatic rings. The van der Waals surface area contributed by atoms with Crippen molar-refractivity contribution < 1.29 is 23.4 Å². The number of aryl methyl sites for hydroxylation is 1. The summed E-state index contributed by atoms with van der Waals surface area (Å²) in [5.74, 6) is -0.0512. The van der Waals surface area contributed by atoms with E-state index in [9.17, 15) is 14.3 Å². The Morgan fingerprint density at radius 1 is 1.18 bits per heavy atom. The molecule has 11 heteroatoms. The van der Waals surface area contributed by atoms with Gasteiger partial charge in [0.1, 0.15) is 35.7 Å². The maximum Gasteiger partial charge on any atom is 0.318 e. The third-order valence-corrected chi connectivity index (χ3v) is 10.6. The number of nitrogens with one attached hydrogen (secondary N) is 1. The van der Waals surface area contributed by atoms with Gasteiger partial charge >= 0.3 is 6.01 Å². The molecule has 232 valence electrons. The minimum atomic E-state index is -0.864. The van der Waals surface area contributed by atoms with Gasteiger partial charge in [-0.1, -0.05) is 13.0 Å². The number of halogens is 2. The van der Waals surface area contributed by atoms with Gasteiger partial charge in [0.25, 0.3) is 5.91 Å². The molecule has 4 atom stereocenters. The number of aromatic hydroxyl groups is 1. The van der Waals surface area contributed by atoms with E-state index in [1.807, 2.05) is 6.92 Å². The second-order valence-electron chi connectivity index (χ2n) is 13.1. The first-order chi connectivity index (χ1) is 21.3. The van der Waals surface area contributed by atoms with E-state index in [2.05, 4.69) is 15.1 Å². The predicted molar refractivity (Wildman–Crippen MR) is 163 cm³/mol. The van der Waals surface area contributed by atoms with Gasteiger partial charge in [-0.3, -0.25) is 9.69 Å². The van der Waals surface area contributed by atoms with Crippen LogP contribution < -0.4 is 19.9 Å². The molecule has 6 heterocycles. The zero-order valence-corrected chi connectivity index (χ0v) is 25.0. The van der Waals surface area contributed by atoms with Gasteiger partial charge in [0.15, 0.2) is 0 Å². The number of hydrogen-bond acceptors (Lipinski definition) is 8. The number of aromatic nitrogens is 2. The SMILES string of the molecule is CCc1c(F)ccc2cc(O)cc(N3Cc4nc(OCC56CCCN5CC(F)C6)nc(N5CCCC6NCCC65)c4C3=O)c12. The number of phenolic OH excluding ortho intramolecular Hbond substituents is 1. The first kappa shape index (κ1) is 27.9. The number of benzene rings is 2. The molecule has 4 fully saturated rings. The maximum absolute atomic E-state index is 15.0. The topological polar surface area (TPSA) is 94.1 Å². The Bertz CT molecular complexity index is 1650. The number of phenols is 1. The van der Waals surface area contributed by atoms with Gasteiger partial charge in [-0.25, -0.2) is 8.78 Å². The summed E-state index contributed by atoms with van der Waals surface area (Å²) in [6.07, 6.45) is 4.88. The Balaban J connectivity index is 1.21. The van der Waals surface area contributed by atoms with Crippen LogP contribution in [0.2, 0.25) is 0 Å². The fourth-order valence-corrected chi connectivity index (χ4v) is 8.64. The molecule has 5 aliphatic heterocycles. The van der Waals surface area contributed by atoms with Crippen molar-refractivity contribution in [1.29, 1.82) is 0 Å². The van der Waals surface area contributed by atoms with Crippen molar-refractivity contribution in [3.63, 3.8) is 0 Å². The number of carbonyl (C=O) groups is 1. The Hall–Kier alpha value is -3.57. The number of hydrogen-bond donors (Lipinski definition) is 2. The lowest BCUT2D eigenvalue weighted by Gasteiger charge is -2.39. The summed E-state index contributed by atoms with van der Waals surface area (Å²) < 4.78 is 35.8. The molecule has 2 aromatic carbocycles. The van der Waals surface area contributed by atoms with Crippen LogP contribution in [-0.4, -0.2) is 82.5 Å². The molecule has 0 aliphatic carbocycles. The van der Waals surface area contributed by atoms with Crippen LogP contribution in [-0.2, 0) is 13.0 Å². The molecule has 0 radical (unpaired) electrons. The number of ether oxygens (including phenoxy) is 1. The highest BCUT2D eigenvalue weighted by Gasteiger charge is 2.50. The molecular weight excluding hydrogens is 566 g/mol. The zero-order chi connectivity index (χ0) is 30.2. The summed E-state index contributed by atoms with van der Waals surface area (Å²) in [4.78, 5) is 30.1. The quantitative estimate of drug-likeness (QED) is 0.426. The molecule has 9 nitrogen and oxygen atoms in total. The average molecular weight is 605 g/mol. The molecule has 44 heavy (non-hydrogen) atoms. The van der Waals surface area contributed by atoms with Gasteiger partial charge in [-0.05, 0) is 74.7 Å². The van der Waals surface area contributed by atoms with Crippen molar-refractivity contribution in [3.05, 3.63) is 46.9 Å². The van der Waals surface area contributed by atoms with E-state index in [1.165, 1.54) is 12.1 Å². The second kappa shape index (κ2) is 10.5. The molecule has 4 saturated heterocycles. The summed E-state index contributed by atoms with van der Waals surface area (Å²) in [5, 5.41) is 15.5. The molecule has 1 amide bonds. The third-order valence-electron chi connectivity index (χ3n) is 10.6. The van der Waals surface area contributed by atoms with Crippen LogP contribution in [0.5, 0.6) is 11.8 Å². The Kier molecular flexibility index (Phi) is 6.68. The van der Waals surface area contributed by atoms with Gasteiger partial charge in [0.05, 0.1) is 23.5 Å². The zero-order valence-electron chi connectivity index (χ0n) is 25.0. The molecule has 1 aromatic heterocycles. The summed E-state index contributed by atoms with van der Waals surface area (Å²) in [5.41, 5.74) is 1.57. The monoisotopic (exact) mass is 604 g/mol. The first-order valence-electron chi connectivity index (χ1n) is 16.0. The van der Waals surface area contributed by atoms with Gasteiger partial charge in [-0.15, -0.1) is 0 Å². The summed E-state index contributed by atoms with van der Waals surface area (Å²) >= 11 is 0. The molecule has 4 unspecified atom stereocenters. The van der Waals surface area contributed by atoms with Crippen molar-refractivity contribution >= 4 is 28.2 Å². The number of rotatable bonds is 6. The largest absolute Gasteiger partial charge is 0.508 e. The van der Waals surface area contributed by atoms with E-state index in [1.54, 1.807) is 17.0 Å². The highest BCUT2D eigenvalue weighted by molar-refractivity contribution is 6.16. The van der Waals surface area contributed by atoms with Crippen LogP contribution in [0.4, 0.5) is 20.3 Å². The lowest BCUT2D eigenvalue weighted by molar-refractivity contribution is 0.0995. The highest BCUT2D eigenvalue weighted by atomic mass is 19.1. The van der Waals surface area contributed by atoms with E-state index < -0.39 is 6.17 Å². The fraction of sp³-hybridized carbons (Fsp3) is 0.545.